The Balaban J connectivity index is 2.08. The standard InChI is InChI=1S/C17H26N2O4S/c1-3-23-17(20)12-14-10-9-13(2)16(11-14)24(21,22)19-18-15-7-5-4-6-8-15/h9-11,15,18-19H,3-8,12H2,1-2H3. The maximum absolute atomic E-state index is 12.6. The number of hydrogen-bond donors (Lipinski definition) is 2. The summed E-state index contributed by atoms with van der Waals surface area (Å²) in [4.78, 5) is 14.3. The molecular weight excluding hydrogens is 328 g/mol. The van der Waals surface area contributed by atoms with Crippen LogP contribution >= 0.6 is 0 Å². The number of hydrazine groups is 1. The van der Waals surface area contributed by atoms with Crippen LogP contribution in [-0.4, -0.2) is 27.0 Å². The lowest BCUT2D eigenvalue weighted by Crippen LogP contribution is -2.45. The molecule has 2 rings (SSSR count). The maximum Gasteiger partial charge on any atom is 0.310 e. The Bertz CT molecular complexity index is 667. The van der Waals surface area contributed by atoms with Gasteiger partial charge in [0.25, 0.3) is 10.0 Å². The summed E-state index contributed by atoms with van der Waals surface area (Å²) in [5, 5.41) is 0. The SMILES string of the molecule is CCOC(=O)Cc1ccc(C)c(S(=O)(=O)NNC2CCCCC2)c1. The van der Waals surface area contributed by atoms with Crippen molar-refractivity contribution in [2.75, 3.05) is 6.61 Å². The minimum absolute atomic E-state index is 0.0622. The molecule has 1 aromatic rings. The third-order valence-electron chi connectivity index (χ3n) is 4.20. The molecule has 1 aromatic carbocycles. The highest BCUT2D eigenvalue weighted by Crippen LogP contribution is 2.19. The van der Waals surface area contributed by atoms with Gasteiger partial charge in [-0.25, -0.2) is 13.8 Å². The number of benzene rings is 1. The largest absolute Gasteiger partial charge is 0.466 e. The summed E-state index contributed by atoms with van der Waals surface area (Å²) in [6.07, 6.45) is 5.46. The molecule has 7 heteroatoms. The Labute approximate surface area is 144 Å². The smallest absolute Gasteiger partial charge is 0.310 e. The van der Waals surface area contributed by atoms with Crippen molar-refractivity contribution in [3.05, 3.63) is 29.3 Å². The van der Waals surface area contributed by atoms with E-state index >= 15 is 0 Å². The van der Waals surface area contributed by atoms with E-state index in [1.165, 1.54) is 12.5 Å². The van der Waals surface area contributed by atoms with Crippen LogP contribution in [0.4, 0.5) is 0 Å². The molecule has 0 aliphatic heterocycles. The summed E-state index contributed by atoms with van der Waals surface area (Å²) in [6, 6.07) is 5.18. The molecular formula is C17H26N2O4S. The summed E-state index contributed by atoms with van der Waals surface area (Å²) in [5.74, 6) is -0.363. The number of carbonyl (C=O) groups is 1. The highest BCUT2D eigenvalue weighted by atomic mass is 32.2. The van der Waals surface area contributed by atoms with Gasteiger partial charge in [-0.15, -0.1) is 4.83 Å². The summed E-state index contributed by atoms with van der Waals surface area (Å²) in [6.45, 7) is 3.79. The van der Waals surface area contributed by atoms with Gasteiger partial charge in [-0.3, -0.25) is 4.79 Å². The van der Waals surface area contributed by atoms with E-state index in [0.29, 0.717) is 17.7 Å². The average molecular weight is 354 g/mol. The maximum atomic E-state index is 12.6. The van der Waals surface area contributed by atoms with Crippen LogP contribution in [0.25, 0.3) is 0 Å². The van der Waals surface area contributed by atoms with Gasteiger partial charge in [0.15, 0.2) is 0 Å². The van der Waals surface area contributed by atoms with Gasteiger partial charge in [0.05, 0.1) is 17.9 Å². The van der Waals surface area contributed by atoms with Crippen LogP contribution in [-0.2, 0) is 26.0 Å². The lowest BCUT2D eigenvalue weighted by molar-refractivity contribution is -0.142. The Morgan fingerprint density at radius 2 is 1.96 bits per heavy atom. The van der Waals surface area contributed by atoms with Crippen molar-refractivity contribution in [2.45, 2.75) is 63.3 Å². The van der Waals surface area contributed by atoms with Crippen LogP contribution in [0, 0.1) is 6.92 Å². The number of sulfonamides is 1. The van der Waals surface area contributed by atoms with Crippen LogP contribution in [0.3, 0.4) is 0 Å². The summed E-state index contributed by atoms with van der Waals surface area (Å²) < 4.78 is 30.1. The first-order chi connectivity index (χ1) is 11.4. The Hall–Kier alpha value is -1.44. The van der Waals surface area contributed by atoms with E-state index in [0.717, 1.165) is 25.7 Å². The second-order valence-electron chi connectivity index (χ2n) is 6.17. The quantitative estimate of drug-likeness (QED) is 0.579. The molecule has 0 aromatic heterocycles. The fraction of sp³-hybridized carbons (Fsp3) is 0.588. The third kappa shape index (κ3) is 5.29. The molecule has 1 aliphatic carbocycles. The van der Waals surface area contributed by atoms with E-state index in [1.54, 1.807) is 26.0 Å². The van der Waals surface area contributed by atoms with Crippen LogP contribution < -0.4 is 10.3 Å². The van der Waals surface area contributed by atoms with Crippen molar-refractivity contribution in [1.29, 1.82) is 0 Å². The molecule has 0 unspecified atom stereocenters. The predicted molar refractivity (Wildman–Crippen MR) is 91.8 cm³/mol. The van der Waals surface area contributed by atoms with Crippen molar-refractivity contribution in [3.8, 4) is 0 Å². The number of ether oxygens (including phenoxy) is 1. The topological polar surface area (TPSA) is 84.5 Å². The molecule has 0 heterocycles. The molecule has 0 amide bonds. The van der Waals surface area contributed by atoms with Gasteiger partial charge in [0.2, 0.25) is 0 Å². The second kappa shape index (κ2) is 8.60. The van der Waals surface area contributed by atoms with Gasteiger partial charge >= 0.3 is 5.97 Å². The predicted octanol–water partition coefficient (Wildman–Crippen LogP) is 2.22. The van der Waals surface area contributed by atoms with Crippen LogP contribution in [0.5, 0.6) is 0 Å². The molecule has 24 heavy (non-hydrogen) atoms. The van der Waals surface area contributed by atoms with Crippen molar-refractivity contribution in [3.63, 3.8) is 0 Å². The van der Waals surface area contributed by atoms with E-state index in [1.807, 2.05) is 0 Å². The molecule has 1 fully saturated rings. The fourth-order valence-corrected chi connectivity index (χ4v) is 4.12. The van der Waals surface area contributed by atoms with Crippen molar-refractivity contribution in [2.24, 2.45) is 0 Å². The number of carbonyl (C=O) groups excluding carboxylic acids is 1. The molecule has 0 atom stereocenters. The molecule has 0 saturated heterocycles. The molecule has 134 valence electrons. The Kier molecular flexibility index (Phi) is 6.77. The van der Waals surface area contributed by atoms with Crippen molar-refractivity contribution in [1.82, 2.24) is 10.3 Å². The number of nitrogens with one attached hydrogen (secondary N) is 2. The third-order valence-corrected chi connectivity index (χ3v) is 5.60. The van der Waals surface area contributed by atoms with Crippen molar-refractivity contribution >= 4 is 16.0 Å². The zero-order valence-corrected chi connectivity index (χ0v) is 15.1. The lowest BCUT2D eigenvalue weighted by atomic mass is 9.96. The molecule has 0 spiro atoms. The zero-order chi connectivity index (χ0) is 17.6. The van der Waals surface area contributed by atoms with Crippen LogP contribution in [0.1, 0.15) is 50.2 Å². The minimum atomic E-state index is -3.67. The molecule has 6 nitrogen and oxygen atoms in total. The van der Waals surface area contributed by atoms with E-state index < -0.39 is 10.0 Å². The van der Waals surface area contributed by atoms with Crippen LogP contribution in [0.2, 0.25) is 0 Å². The summed E-state index contributed by atoms with van der Waals surface area (Å²) >= 11 is 0. The number of esters is 1. The summed E-state index contributed by atoms with van der Waals surface area (Å²) in [5.41, 5.74) is 4.20. The van der Waals surface area contributed by atoms with Gasteiger partial charge < -0.3 is 4.74 Å². The Morgan fingerprint density at radius 1 is 1.25 bits per heavy atom. The molecule has 0 bridgehead atoms. The fourth-order valence-electron chi connectivity index (χ4n) is 2.89. The normalized spacial score (nSPS) is 16.1. The first-order valence-electron chi connectivity index (χ1n) is 8.45. The molecule has 0 radical (unpaired) electrons. The lowest BCUT2D eigenvalue weighted by Gasteiger charge is -2.23. The zero-order valence-electron chi connectivity index (χ0n) is 14.3. The average Bonchev–Trinajstić information content (AvgIpc) is 2.56. The van der Waals surface area contributed by atoms with Gasteiger partial charge in [-0.05, 0) is 43.9 Å². The highest BCUT2D eigenvalue weighted by Gasteiger charge is 2.20. The van der Waals surface area contributed by atoms with Gasteiger partial charge in [0.1, 0.15) is 0 Å². The van der Waals surface area contributed by atoms with Crippen molar-refractivity contribution < 1.29 is 17.9 Å². The Morgan fingerprint density at radius 3 is 2.62 bits per heavy atom. The molecule has 2 N–H and O–H groups in total. The summed E-state index contributed by atoms with van der Waals surface area (Å²) in [7, 11) is -3.67. The number of hydrogen-bond acceptors (Lipinski definition) is 5. The van der Waals surface area contributed by atoms with E-state index in [4.69, 9.17) is 4.74 Å². The van der Waals surface area contributed by atoms with Crippen LogP contribution in [0.15, 0.2) is 23.1 Å². The molecule has 1 aliphatic rings. The van der Waals surface area contributed by atoms with E-state index in [9.17, 15) is 13.2 Å². The van der Waals surface area contributed by atoms with E-state index in [-0.39, 0.29) is 23.3 Å². The second-order valence-corrected chi connectivity index (χ2v) is 7.82. The molecule has 1 saturated carbocycles. The number of aryl methyl sites for hydroxylation is 1. The first kappa shape index (κ1) is 18.9. The monoisotopic (exact) mass is 354 g/mol. The highest BCUT2D eigenvalue weighted by molar-refractivity contribution is 7.89. The minimum Gasteiger partial charge on any atom is -0.466 e. The number of rotatable bonds is 7. The van der Waals surface area contributed by atoms with Gasteiger partial charge in [-0.1, -0.05) is 31.4 Å². The van der Waals surface area contributed by atoms with E-state index in [2.05, 4.69) is 10.3 Å². The van der Waals surface area contributed by atoms with Gasteiger partial charge in [-0.2, -0.15) is 0 Å². The van der Waals surface area contributed by atoms with Gasteiger partial charge in [0, 0.05) is 6.04 Å². The first-order valence-corrected chi connectivity index (χ1v) is 9.93.